The summed E-state index contributed by atoms with van der Waals surface area (Å²) >= 11 is 0. The average molecular weight is 310 g/mol. The summed E-state index contributed by atoms with van der Waals surface area (Å²) in [4.78, 5) is 20.3. The molecule has 2 saturated heterocycles. The van der Waals surface area contributed by atoms with E-state index in [1.54, 1.807) is 0 Å². The third-order valence-corrected chi connectivity index (χ3v) is 5.06. The molecule has 3 aliphatic rings. The van der Waals surface area contributed by atoms with Crippen molar-refractivity contribution < 1.29 is 9.53 Å². The Kier molecular flexibility index (Phi) is 3.13. The number of pyridine rings is 1. The van der Waals surface area contributed by atoms with Crippen LogP contribution in [0.25, 0.3) is 0 Å². The van der Waals surface area contributed by atoms with Gasteiger partial charge in [-0.15, -0.1) is 0 Å². The van der Waals surface area contributed by atoms with E-state index in [1.165, 1.54) is 6.08 Å². The molecule has 1 aromatic rings. The Morgan fingerprint density at radius 2 is 2.26 bits per heavy atom. The van der Waals surface area contributed by atoms with Gasteiger partial charge in [-0.05, 0) is 18.6 Å². The lowest BCUT2D eigenvalue weighted by Gasteiger charge is -2.47. The van der Waals surface area contributed by atoms with E-state index in [2.05, 4.69) is 22.5 Å². The molecule has 118 valence electrons. The summed E-state index contributed by atoms with van der Waals surface area (Å²) in [6, 6.07) is 4.17. The second kappa shape index (κ2) is 5.07. The number of nitrogens with zero attached hydrogens (tertiary/aromatic N) is 4. The lowest BCUT2D eigenvalue weighted by molar-refractivity contribution is -0.136. The number of carbonyl (C=O) groups excluding carboxylic acids is 1. The summed E-state index contributed by atoms with van der Waals surface area (Å²) in [7, 11) is 0. The van der Waals surface area contributed by atoms with Gasteiger partial charge in [-0.25, -0.2) is 4.98 Å². The Balaban J connectivity index is 1.54. The first kappa shape index (κ1) is 14.2. The summed E-state index contributed by atoms with van der Waals surface area (Å²) < 4.78 is 5.41. The Hall–Kier alpha value is -2.39. The summed E-state index contributed by atoms with van der Waals surface area (Å²) in [6.07, 6.45) is 2.39. The Bertz CT molecular complexity index is 731. The molecule has 0 N–H and O–H groups in total. The van der Waals surface area contributed by atoms with Crippen molar-refractivity contribution >= 4 is 11.7 Å². The van der Waals surface area contributed by atoms with Crippen molar-refractivity contribution in [2.24, 2.45) is 5.41 Å². The van der Waals surface area contributed by atoms with Crippen molar-refractivity contribution in [3.05, 3.63) is 35.5 Å². The van der Waals surface area contributed by atoms with Crippen molar-refractivity contribution in [3.8, 4) is 6.07 Å². The van der Waals surface area contributed by atoms with E-state index in [9.17, 15) is 10.1 Å². The topological polar surface area (TPSA) is 69.5 Å². The van der Waals surface area contributed by atoms with E-state index in [-0.39, 0.29) is 11.3 Å². The van der Waals surface area contributed by atoms with Gasteiger partial charge in [-0.2, -0.15) is 5.26 Å². The number of anilines is 1. The molecule has 0 unspecified atom stereocenters. The maximum absolute atomic E-state index is 11.6. The second-order valence-electron chi connectivity index (χ2n) is 6.64. The molecular weight excluding hydrogens is 292 g/mol. The predicted molar refractivity (Wildman–Crippen MR) is 83.5 cm³/mol. The van der Waals surface area contributed by atoms with Crippen LogP contribution in [0.1, 0.15) is 23.2 Å². The minimum atomic E-state index is -0.000376. The number of rotatable bonds is 2. The van der Waals surface area contributed by atoms with Gasteiger partial charge >= 0.3 is 0 Å². The molecule has 4 rings (SSSR count). The Labute approximate surface area is 135 Å². The van der Waals surface area contributed by atoms with Gasteiger partial charge in [0.1, 0.15) is 11.9 Å². The SMILES string of the molecule is C=CC(=O)N1CC2(CCN(c3nc4c(cc3C#N)COC4)C2)C1. The van der Waals surface area contributed by atoms with Crippen LogP contribution in [-0.4, -0.2) is 42.0 Å². The number of ether oxygens (including phenoxy) is 1. The van der Waals surface area contributed by atoms with E-state index in [1.807, 2.05) is 11.0 Å². The van der Waals surface area contributed by atoms with Crippen LogP contribution in [0.3, 0.4) is 0 Å². The maximum Gasteiger partial charge on any atom is 0.245 e. The van der Waals surface area contributed by atoms with Crippen LogP contribution in [0.2, 0.25) is 0 Å². The number of hydrogen-bond donors (Lipinski definition) is 0. The van der Waals surface area contributed by atoms with E-state index < -0.39 is 0 Å². The molecule has 6 heteroatoms. The van der Waals surface area contributed by atoms with Crippen LogP contribution in [0.4, 0.5) is 5.82 Å². The fourth-order valence-corrected chi connectivity index (χ4v) is 3.84. The molecule has 1 amide bonds. The number of hydrogen-bond acceptors (Lipinski definition) is 5. The molecule has 4 heterocycles. The molecule has 0 aliphatic carbocycles. The van der Waals surface area contributed by atoms with Crippen LogP contribution in [0.5, 0.6) is 0 Å². The fourth-order valence-electron chi connectivity index (χ4n) is 3.84. The van der Waals surface area contributed by atoms with Gasteiger partial charge in [0.2, 0.25) is 5.91 Å². The molecule has 0 aromatic carbocycles. The minimum Gasteiger partial charge on any atom is -0.370 e. The summed E-state index contributed by atoms with van der Waals surface area (Å²) in [5.41, 5.74) is 2.72. The average Bonchev–Trinajstić information content (AvgIpc) is 3.17. The van der Waals surface area contributed by atoms with Crippen LogP contribution >= 0.6 is 0 Å². The molecule has 0 saturated carbocycles. The molecule has 0 radical (unpaired) electrons. The largest absolute Gasteiger partial charge is 0.370 e. The van der Waals surface area contributed by atoms with E-state index >= 15 is 0 Å². The molecule has 2 fully saturated rings. The summed E-state index contributed by atoms with van der Waals surface area (Å²) in [5.74, 6) is 0.765. The fraction of sp³-hybridized carbons (Fsp3) is 0.471. The van der Waals surface area contributed by atoms with Gasteiger partial charge in [0.05, 0.1) is 24.5 Å². The summed E-state index contributed by atoms with van der Waals surface area (Å²) in [5, 5.41) is 9.44. The highest BCUT2D eigenvalue weighted by atomic mass is 16.5. The zero-order valence-corrected chi connectivity index (χ0v) is 12.9. The van der Waals surface area contributed by atoms with Crippen LogP contribution < -0.4 is 4.90 Å². The first-order valence-corrected chi connectivity index (χ1v) is 7.81. The highest BCUT2D eigenvalue weighted by Crippen LogP contribution is 2.41. The van der Waals surface area contributed by atoms with Gasteiger partial charge in [0, 0.05) is 37.2 Å². The van der Waals surface area contributed by atoms with Crippen LogP contribution in [0.15, 0.2) is 18.7 Å². The number of likely N-dealkylation sites (tertiary alicyclic amines) is 1. The molecular formula is C17H18N4O2. The number of amides is 1. The van der Waals surface area contributed by atoms with Crippen molar-refractivity contribution in [2.75, 3.05) is 31.1 Å². The normalized spacial score (nSPS) is 21.0. The molecule has 3 aliphatic heterocycles. The zero-order valence-electron chi connectivity index (χ0n) is 12.9. The first-order chi connectivity index (χ1) is 11.1. The molecule has 0 bridgehead atoms. The molecule has 6 nitrogen and oxygen atoms in total. The lowest BCUT2D eigenvalue weighted by atomic mass is 9.79. The highest BCUT2D eigenvalue weighted by molar-refractivity contribution is 5.87. The zero-order chi connectivity index (χ0) is 16.0. The summed E-state index contributed by atoms with van der Waals surface area (Å²) in [6.45, 7) is 7.85. The highest BCUT2D eigenvalue weighted by Gasteiger charge is 2.49. The number of nitriles is 1. The van der Waals surface area contributed by atoms with Gasteiger partial charge < -0.3 is 14.5 Å². The molecule has 1 spiro atoms. The Morgan fingerprint density at radius 1 is 1.43 bits per heavy atom. The third-order valence-electron chi connectivity index (χ3n) is 5.06. The quantitative estimate of drug-likeness (QED) is 0.768. The number of fused-ring (bicyclic) bond motifs is 1. The monoisotopic (exact) mass is 310 g/mol. The molecule has 0 atom stereocenters. The van der Waals surface area contributed by atoms with Gasteiger partial charge in [-0.3, -0.25) is 4.79 Å². The molecule has 1 aromatic heterocycles. The van der Waals surface area contributed by atoms with Gasteiger partial charge in [0.25, 0.3) is 0 Å². The second-order valence-corrected chi connectivity index (χ2v) is 6.64. The predicted octanol–water partition coefficient (Wildman–Crippen LogP) is 1.21. The van der Waals surface area contributed by atoms with Crippen molar-refractivity contribution in [1.82, 2.24) is 9.88 Å². The van der Waals surface area contributed by atoms with Crippen LogP contribution in [0, 0.1) is 16.7 Å². The third kappa shape index (κ3) is 2.20. The van der Waals surface area contributed by atoms with Gasteiger partial charge in [-0.1, -0.05) is 6.58 Å². The number of carbonyl (C=O) groups is 1. The van der Waals surface area contributed by atoms with Gasteiger partial charge in [0.15, 0.2) is 0 Å². The van der Waals surface area contributed by atoms with Crippen LogP contribution in [-0.2, 0) is 22.7 Å². The van der Waals surface area contributed by atoms with E-state index in [0.29, 0.717) is 18.8 Å². The minimum absolute atomic E-state index is 0.000376. The molecule has 23 heavy (non-hydrogen) atoms. The van der Waals surface area contributed by atoms with Crippen molar-refractivity contribution in [3.63, 3.8) is 0 Å². The maximum atomic E-state index is 11.6. The standard InChI is InChI=1S/C17H18N4O2/c1-2-15(22)21-10-17(11-21)3-4-20(9-17)16-12(6-18)5-13-7-23-8-14(13)19-16/h2,5H,1,3-4,7-11H2. The smallest absolute Gasteiger partial charge is 0.245 e. The van der Waals surface area contributed by atoms with Crippen molar-refractivity contribution in [2.45, 2.75) is 19.6 Å². The lowest BCUT2D eigenvalue weighted by Crippen LogP contribution is -2.59. The number of aromatic nitrogens is 1. The van der Waals surface area contributed by atoms with Crippen molar-refractivity contribution in [1.29, 1.82) is 5.26 Å². The Morgan fingerprint density at radius 3 is 3.00 bits per heavy atom. The first-order valence-electron chi connectivity index (χ1n) is 7.81. The van der Waals surface area contributed by atoms with E-state index in [4.69, 9.17) is 4.74 Å². The van der Waals surface area contributed by atoms with E-state index in [0.717, 1.165) is 49.7 Å².